The first-order chi connectivity index (χ1) is 19.5. The number of ether oxygens (including phenoxy) is 2. The summed E-state index contributed by atoms with van der Waals surface area (Å²) in [7, 11) is 0. The lowest BCUT2D eigenvalue weighted by atomic mass is 9.72. The molecule has 0 bridgehead atoms. The van der Waals surface area contributed by atoms with Crippen LogP contribution in [-0.4, -0.2) is 50.0 Å². The van der Waals surface area contributed by atoms with Crippen molar-refractivity contribution < 1.29 is 38.7 Å². The van der Waals surface area contributed by atoms with E-state index in [0.717, 1.165) is 34.7 Å². The molecule has 4 N–H and O–H groups in total. The van der Waals surface area contributed by atoms with Crippen LogP contribution in [0.15, 0.2) is 36.5 Å². The van der Waals surface area contributed by atoms with Crippen molar-refractivity contribution in [2.45, 2.75) is 70.6 Å². The SMILES string of the molecule is Cc1cc(O[C@H]2C[C@@H]([C@](C)(O)CO)C2)cc(C)c1-c1cc(COc2cc3c(cn2)[C@H]2[C@@H](C3)[C@@H]2C(O)O)c(F)cc1F. The summed E-state index contributed by atoms with van der Waals surface area (Å²) < 4.78 is 41.8. The first-order valence-corrected chi connectivity index (χ1v) is 14.0. The summed E-state index contributed by atoms with van der Waals surface area (Å²) >= 11 is 0. The van der Waals surface area contributed by atoms with Crippen LogP contribution in [0.3, 0.4) is 0 Å². The van der Waals surface area contributed by atoms with Gasteiger partial charge in [-0.15, -0.1) is 0 Å². The molecule has 0 unspecified atom stereocenters. The van der Waals surface area contributed by atoms with E-state index < -0.39 is 23.5 Å². The second-order valence-corrected chi connectivity index (χ2v) is 12.2. The third kappa shape index (κ3) is 5.09. The zero-order valence-corrected chi connectivity index (χ0v) is 23.3. The van der Waals surface area contributed by atoms with Crippen LogP contribution in [-0.2, 0) is 13.0 Å². The quantitative estimate of drug-likeness (QED) is 0.285. The highest BCUT2D eigenvalue weighted by atomic mass is 19.1. The van der Waals surface area contributed by atoms with Gasteiger partial charge in [-0.1, -0.05) is 0 Å². The topological polar surface area (TPSA) is 112 Å². The van der Waals surface area contributed by atoms with Crippen LogP contribution in [0.2, 0.25) is 0 Å². The summed E-state index contributed by atoms with van der Waals surface area (Å²) in [5, 5.41) is 38.6. The lowest BCUT2D eigenvalue weighted by Gasteiger charge is -2.43. The number of nitrogens with zero attached hydrogens (tertiary/aromatic N) is 1. The second-order valence-electron chi connectivity index (χ2n) is 12.2. The van der Waals surface area contributed by atoms with Gasteiger partial charge in [0.25, 0.3) is 0 Å². The Hall–Kier alpha value is -3.11. The van der Waals surface area contributed by atoms with E-state index >= 15 is 4.39 Å². The summed E-state index contributed by atoms with van der Waals surface area (Å²) in [6, 6.07) is 7.83. The molecule has 2 saturated carbocycles. The first kappa shape index (κ1) is 28.0. The highest BCUT2D eigenvalue weighted by Crippen LogP contribution is 2.62. The van der Waals surface area contributed by atoms with Gasteiger partial charge in [-0.2, -0.15) is 0 Å². The molecule has 1 aromatic heterocycles. The van der Waals surface area contributed by atoms with E-state index in [0.29, 0.717) is 30.0 Å². The molecule has 1 heterocycles. The average Bonchev–Trinajstić information content (AvgIpc) is 3.48. The number of benzene rings is 2. The van der Waals surface area contributed by atoms with Crippen molar-refractivity contribution in [1.82, 2.24) is 4.98 Å². The number of aliphatic hydroxyl groups is 4. The number of aryl methyl sites for hydroxylation is 2. The molecule has 7 nitrogen and oxygen atoms in total. The minimum atomic E-state index is -1.33. The lowest BCUT2D eigenvalue weighted by molar-refractivity contribution is -0.104. The van der Waals surface area contributed by atoms with E-state index in [1.807, 2.05) is 32.0 Å². The van der Waals surface area contributed by atoms with E-state index in [1.54, 1.807) is 13.1 Å². The molecule has 9 heteroatoms. The maximum atomic E-state index is 15.1. The van der Waals surface area contributed by atoms with Gasteiger partial charge in [0.05, 0.1) is 18.3 Å². The largest absolute Gasteiger partial charge is 0.490 e. The van der Waals surface area contributed by atoms with Crippen molar-refractivity contribution >= 4 is 0 Å². The molecule has 4 atom stereocenters. The van der Waals surface area contributed by atoms with E-state index in [4.69, 9.17) is 9.47 Å². The smallest absolute Gasteiger partial charge is 0.213 e. The number of rotatable bonds is 9. The average molecular weight is 568 g/mol. The molecule has 3 aliphatic carbocycles. The summed E-state index contributed by atoms with van der Waals surface area (Å²) in [6.45, 7) is 4.91. The summed E-state index contributed by atoms with van der Waals surface area (Å²) in [4.78, 5) is 4.34. The summed E-state index contributed by atoms with van der Waals surface area (Å²) in [5.41, 5.74) is 3.61. The van der Waals surface area contributed by atoms with Gasteiger partial charge in [0.1, 0.15) is 24.0 Å². The fourth-order valence-corrected chi connectivity index (χ4v) is 6.76. The Morgan fingerprint density at radius 2 is 1.76 bits per heavy atom. The van der Waals surface area contributed by atoms with Crippen molar-refractivity contribution in [2.24, 2.45) is 17.8 Å². The molecule has 0 saturated heterocycles. The number of hydrogen-bond acceptors (Lipinski definition) is 7. The minimum absolute atomic E-state index is 0.0295. The Morgan fingerprint density at radius 3 is 2.41 bits per heavy atom. The Morgan fingerprint density at radius 1 is 1.05 bits per heavy atom. The predicted molar refractivity (Wildman–Crippen MR) is 146 cm³/mol. The molecule has 6 rings (SSSR count). The third-order valence-corrected chi connectivity index (χ3v) is 9.27. The number of fused-ring (bicyclic) bond motifs is 3. The molecule has 0 spiro atoms. The Balaban J connectivity index is 1.16. The van der Waals surface area contributed by atoms with Gasteiger partial charge in [-0.3, -0.25) is 0 Å². The van der Waals surface area contributed by atoms with Crippen LogP contribution >= 0.6 is 0 Å². The maximum Gasteiger partial charge on any atom is 0.213 e. The van der Waals surface area contributed by atoms with Gasteiger partial charge in [-0.05, 0) is 104 Å². The van der Waals surface area contributed by atoms with Crippen LogP contribution in [0.25, 0.3) is 11.1 Å². The van der Waals surface area contributed by atoms with Gasteiger partial charge in [0, 0.05) is 35.4 Å². The molecule has 0 aliphatic heterocycles. The number of halogens is 2. The maximum absolute atomic E-state index is 15.1. The zero-order chi connectivity index (χ0) is 29.2. The van der Waals surface area contributed by atoms with E-state index in [2.05, 4.69) is 4.98 Å². The Kier molecular flexibility index (Phi) is 7.05. The van der Waals surface area contributed by atoms with Gasteiger partial charge < -0.3 is 29.9 Å². The molecular formula is C32H35F2NO6. The van der Waals surface area contributed by atoms with Crippen LogP contribution < -0.4 is 9.47 Å². The normalized spacial score (nSPS) is 25.8. The van der Waals surface area contributed by atoms with E-state index in [-0.39, 0.29) is 54.1 Å². The highest BCUT2D eigenvalue weighted by molar-refractivity contribution is 5.73. The van der Waals surface area contributed by atoms with Crippen molar-refractivity contribution in [2.75, 3.05) is 6.61 Å². The van der Waals surface area contributed by atoms with Crippen LogP contribution in [0.1, 0.15) is 53.5 Å². The zero-order valence-electron chi connectivity index (χ0n) is 23.3. The molecule has 2 fully saturated rings. The Bertz CT molecular complexity index is 1460. The summed E-state index contributed by atoms with van der Waals surface area (Å²) in [5.74, 6) is -0.257. The van der Waals surface area contributed by atoms with Gasteiger partial charge in [0.15, 0.2) is 6.29 Å². The molecule has 0 amide bonds. The molecule has 41 heavy (non-hydrogen) atoms. The highest BCUT2D eigenvalue weighted by Gasteiger charge is 2.58. The monoisotopic (exact) mass is 567 g/mol. The third-order valence-electron chi connectivity index (χ3n) is 9.27. The second kappa shape index (κ2) is 10.3. The number of aliphatic hydroxyl groups excluding tert-OH is 2. The van der Waals surface area contributed by atoms with Crippen molar-refractivity contribution in [3.63, 3.8) is 0 Å². The molecule has 3 aromatic rings. The molecular weight excluding hydrogens is 532 g/mol. The van der Waals surface area contributed by atoms with Crippen molar-refractivity contribution in [1.29, 1.82) is 0 Å². The van der Waals surface area contributed by atoms with Crippen LogP contribution in [0.5, 0.6) is 11.6 Å². The van der Waals surface area contributed by atoms with Crippen LogP contribution in [0, 0.1) is 43.2 Å². The predicted octanol–water partition coefficient (Wildman–Crippen LogP) is 4.32. The van der Waals surface area contributed by atoms with E-state index in [1.165, 1.54) is 6.07 Å². The van der Waals surface area contributed by atoms with Crippen molar-refractivity contribution in [3.05, 3.63) is 76.0 Å². The fraction of sp³-hybridized carbons (Fsp3) is 0.469. The number of aromatic nitrogens is 1. The number of hydrogen-bond donors (Lipinski definition) is 4. The first-order valence-electron chi connectivity index (χ1n) is 14.0. The number of pyridine rings is 1. The minimum Gasteiger partial charge on any atom is -0.490 e. The molecule has 0 radical (unpaired) electrons. The van der Waals surface area contributed by atoms with Gasteiger partial charge >= 0.3 is 0 Å². The van der Waals surface area contributed by atoms with Gasteiger partial charge in [-0.25, -0.2) is 13.8 Å². The lowest BCUT2D eigenvalue weighted by Crippen LogP contribution is -2.49. The van der Waals surface area contributed by atoms with Crippen LogP contribution in [0.4, 0.5) is 8.78 Å². The molecule has 218 valence electrons. The van der Waals surface area contributed by atoms with E-state index in [9.17, 15) is 24.8 Å². The standard InChI is InChI=1S/C32H35F2NO6/c1-15-4-20(41-21-9-19(10-21)32(3,39)14-36)5-16(2)28(15)22-7-18(25(33)11-26(22)34)13-40-27-8-17-6-23-29(24(17)12-35-27)30(23)31(37)38/h4-5,7-8,11-12,19,21,23,29-31,36-39H,6,9-10,13-14H2,1-3H3/t19-,21+,23-,29-,30+,32-/m1/s1. The fourth-order valence-electron chi connectivity index (χ4n) is 6.76. The molecule has 3 aliphatic rings. The Labute approximate surface area is 237 Å². The molecule has 2 aromatic carbocycles. The van der Waals surface area contributed by atoms with Crippen molar-refractivity contribution in [3.8, 4) is 22.8 Å². The summed E-state index contributed by atoms with van der Waals surface area (Å²) in [6.07, 6.45) is 2.28. The van der Waals surface area contributed by atoms with Gasteiger partial charge in [0.2, 0.25) is 5.88 Å².